The van der Waals surface area contributed by atoms with Crippen molar-refractivity contribution in [2.45, 2.75) is 52.2 Å². The molecule has 0 aromatic carbocycles. The van der Waals surface area contributed by atoms with Crippen molar-refractivity contribution >= 4 is 17.3 Å². The zero-order valence-electron chi connectivity index (χ0n) is 11.7. The predicted octanol–water partition coefficient (Wildman–Crippen LogP) is 1.94. The maximum Gasteiger partial charge on any atom is 0.185 e. The van der Waals surface area contributed by atoms with E-state index in [1.54, 1.807) is 0 Å². The van der Waals surface area contributed by atoms with Crippen LogP contribution in [0, 0.1) is 11.3 Å². The normalized spacial score (nSPS) is 12.3. The second-order valence-corrected chi connectivity index (χ2v) is 5.85. The molecule has 0 heterocycles. The summed E-state index contributed by atoms with van der Waals surface area (Å²) < 4.78 is 0. The maximum absolute atomic E-state index is 8.47. The second kappa shape index (κ2) is 6.61. The van der Waals surface area contributed by atoms with Gasteiger partial charge in [-0.2, -0.15) is 15.5 Å². The van der Waals surface area contributed by atoms with Crippen LogP contribution >= 0.6 is 12.2 Å². The first-order valence-electron chi connectivity index (χ1n) is 5.73. The van der Waals surface area contributed by atoms with Gasteiger partial charge in [-0.1, -0.05) is 0 Å². The molecule has 0 aliphatic carbocycles. The number of thiocarbonyl (C=S) groups is 1. The summed E-state index contributed by atoms with van der Waals surface area (Å²) in [5.74, 6) is 5.70. The quantitative estimate of drug-likeness (QED) is 0.352. The zero-order chi connectivity index (χ0) is 14.4. The van der Waals surface area contributed by atoms with E-state index < -0.39 is 5.66 Å². The molecular weight excluding hydrogens is 248 g/mol. The van der Waals surface area contributed by atoms with Crippen LogP contribution in [0.25, 0.3) is 0 Å². The van der Waals surface area contributed by atoms with Crippen LogP contribution in [0.2, 0.25) is 0 Å². The van der Waals surface area contributed by atoms with Crippen molar-refractivity contribution < 1.29 is 0 Å². The lowest BCUT2D eigenvalue weighted by molar-refractivity contribution is 0.376. The van der Waals surface area contributed by atoms with E-state index in [9.17, 15) is 0 Å². The Morgan fingerprint density at radius 3 is 2.33 bits per heavy atom. The molecule has 0 radical (unpaired) electrons. The summed E-state index contributed by atoms with van der Waals surface area (Å²) in [5.41, 5.74) is -0.863. The standard InChI is InChI=1S/C11H22N6S/c1-10(2,3)15-16-11(4,5)14-9(18)17(13)8-6-7-12/h6,8,13H2,1-5H3,(H,14,18). The SMILES string of the molecule is CC(C)(C)N=NC(C)(C)NC(=S)N(N)CCC#N. The van der Waals surface area contributed by atoms with Crippen LogP contribution < -0.4 is 11.2 Å². The highest BCUT2D eigenvalue weighted by Gasteiger charge is 2.20. The summed E-state index contributed by atoms with van der Waals surface area (Å²) in [6.07, 6.45) is 0.322. The van der Waals surface area contributed by atoms with Crippen LogP contribution in [0.5, 0.6) is 0 Å². The van der Waals surface area contributed by atoms with Gasteiger partial charge in [0, 0.05) is 6.54 Å². The van der Waals surface area contributed by atoms with Gasteiger partial charge in [0.15, 0.2) is 5.11 Å². The number of nitriles is 1. The van der Waals surface area contributed by atoms with Gasteiger partial charge in [0.2, 0.25) is 0 Å². The summed E-state index contributed by atoms with van der Waals surface area (Å²) >= 11 is 5.12. The average molecular weight is 270 g/mol. The first-order valence-corrected chi connectivity index (χ1v) is 6.13. The molecule has 102 valence electrons. The first kappa shape index (κ1) is 16.7. The van der Waals surface area contributed by atoms with Gasteiger partial charge in [-0.25, -0.2) is 5.84 Å². The van der Waals surface area contributed by atoms with Gasteiger partial charge >= 0.3 is 0 Å². The topological polar surface area (TPSA) is 89.8 Å². The summed E-state index contributed by atoms with van der Waals surface area (Å²) in [4.78, 5) is 0. The smallest absolute Gasteiger partial charge is 0.185 e. The number of nitrogens with two attached hydrogens (primary N) is 1. The van der Waals surface area contributed by atoms with Gasteiger partial charge in [0.05, 0.1) is 18.0 Å². The Labute approximate surface area is 114 Å². The lowest BCUT2D eigenvalue weighted by atomic mass is 10.1. The monoisotopic (exact) mass is 270 g/mol. The van der Waals surface area contributed by atoms with Gasteiger partial charge in [-0.15, -0.1) is 0 Å². The molecule has 3 N–H and O–H groups in total. The molecule has 0 amide bonds. The Morgan fingerprint density at radius 2 is 1.89 bits per heavy atom. The molecule has 0 spiro atoms. The highest BCUT2D eigenvalue weighted by Crippen LogP contribution is 2.13. The van der Waals surface area contributed by atoms with Gasteiger partial charge in [0.25, 0.3) is 0 Å². The van der Waals surface area contributed by atoms with E-state index in [0.29, 0.717) is 18.1 Å². The molecule has 18 heavy (non-hydrogen) atoms. The van der Waals surface area contributed by atoms with Crippen LogP contribution in [-0.2, 0) is 0 Å². The van der Waals surface area contributed by atoms with Crippen LogP contribution in [0.3, 0.4) is 0 Å². The molecule has 0 aromatic rings. The molecule has 0 aliphatic heterocycles. The van der Waals surface area contributed by atoms with Crippen molar-refractivity contribution in [2.24, 2.45) is 16.1 Å². The molecule has 7 heteroatoms. The maximum atomic E-state index is 8.47. The molecule has 6 nitrogen and oxygen atoms in total. The van der Waals surface area contributed by atoms with E-state index in [1.165, 1.54) is 5.01 Å². The fourth-order valence-corrected chi connectivity index (χ4v) is 1.25. The number of rotatable bonds is 4. The van der Waals surface area contributed by atoms with Crippen LogP contribution in [0.15, 0.2) is 10.2 Å². The summed E-state index contributed by atoms with van der Waals surface area (Å²) in [6, 6.07) is 2.01. The lowest BCUT2D eigenvalue weighted by Gasteiger charge is -2.27. The highest BCUT2D eigenvalue weighted by atomic mass is 32.1. The summed E-state index contributed by atoms with van der Waals surface area (Å²) in [5, 5.41) is 21.6. The van der Waals surface area contributed by atoms with Crippen molar-refractivity contribution in [1.29, 1.82) is 5.26 Å². The van der Waals surface area contributed by atoms with Crippen molar-refractivity contribution in [2.75, 3.05) is 6.54 Å². The molecule has 0 saturated carbocycles. The van der Waals surface area contributed by atoms with E-state index in [-0.39, 0.29) is 5.54 Å². The molecule has 0 atom stereocenters. The highest BCUT2D eigenvalue weighted by molar-refractivity contribution is 7.80. The van der Waals surface area contributed by atoms with Crippen molar-refractivity contribution in [3.63, 3.8) is 0 Å². The Kier molecular flexibility index (Phi) is 6.15. The Morgan fingerprint density at radius 1 is 1.33 bits per heavy atom. The van der Waals surface area contributed by atoms with Crippen LogP contribution in [0.4, 0.5) is 0 Å². The van der Waals surface area contributed by atoms with E-state index in [0.717, 1.165) is 0 Å². The van der Waals surface area contributed by atoms with E-state index in [2.05, 4.69) is 15.5 Å². The molecule has 0 aromatic heterocycles. The summed E-state index contributed by atoms with van der Waals surface area (Å²) in [7, 11) is 0. The number of hydrazine groups is 1. The molecular formula is C11H22N6S. The minimum atomic E-state index is -0.630. The fourth-order valence-electron chi connectivity index (χ4n) is 0.905. The van der Waals surface area contributed by atoms with Gasteiger partial charge < -0.3 is 5.32 Å². The third-order valence-electron chi connectivity index (χ3n) is 1.74. The van der Waals surface area contributed by atoms with Crippen LogP contribution in [-0.4, -0.2) is 27.9 Å². The van der Waals surface area contributed by atoms with Crippen molar-refractivity contribution in [3.8, 4) is 6.07 Å². The predicted molar refractivity (Wildman–Crippen MR) is 75.5 cm³/mol. The number of nitrogens with zero attached hydrogens (tertiary/aromatic N) is 4. The van der Waals surface area contributed by atoms with Gasteiger partial charge in [-0.3, -0.25) is 5.01 Å². The van der Waals surface area contributed by atoms with E-state index >= 15 is 0 Å². The third-order valence-corrected chi connectivity index (χ3v) is 2.07. The number of nitrogens with one attached hydrogen (secondary N) is 1. The third kappa shape index (κ3) is 7.92. The Bertz CT molecular complexity index is 350. The minimum absolute atomic E-state index is 0.232. The van der Waals surface area contributed by atoms with Gasteiger partial charge in [-0.05, 0) is 46.8 Å². The van der Waals surface area contributed by atoms with E-state index in [4.69, 9.17) is 23.3 Å². The number of hydrogen-bond donors (Lipinski definition) is 2. The van der Waals surface area contributed by atoms with Crippen molar-refractivity contribution in [1.82, 2.24) is 10.3 Å². The molecule has 0 bridgehead atoms. The number of hydrogen-bond acceptors (Lipinski definition) is 5. The molecule has 0 unspecified atom stereocenters. The fraction of sp³-hybridized carbons (Fsp3) is 0.818. The van der Waals surface area contributed by atoms with Crippen molar-refractivity contribution in [3.05, 3.63) is 0 Å². The largest absolute Gasteiger partial charge is 0.336 e. The van der Waals surface area contributed by atoms with E-state index in [1.807, 2.05) is 40.7 Å². The van der Waals surface area contributed by atoms with Gasteiger partial charge in [0.1, 0.15) is 5.66 Å². The zero-order valence-corrected chi connectivity index (χ0v) is 12.5. The molecule has 0 rings (SSSR count). The Hall–Kier alpha value is -1.26. The molecule has 0 aliphatic rings. The Balaban J connectivity index is 4.45. The minimum Gasteiger partial charge on any atom is -0.336 e. The lowest BCUT2D eigenvalue weighted by Crippen LogP contribution is -2.51. The molecule has 0 saturated heterocycles. The number of azo groups is 1. The average Bonchev–Trinajstić information content (AvgIpc) is 2.21. The second-order valence-electron chi connectivity index (χ2n) is 5.46. The van der Waals surface area contributed by atoms with Crippen LogP contribution in [0.1, 0.15) is 41.0 Å². The first-order chi connectivity index (χ1) is 8.07. The summed E-state index contributed by atoms with van der Waals surface area (Å²) in [6.45, 7) is 9.99. The molecule has 0 fully saturated rings.